The molecule has 13 aromatic carbocycles. The van der Waals surface area contributed by atoms with E-state index in [1.165, 1.54) is 138 Å². The van der Waals surface area contributed by atoms with E-state index in [4.69, 9.17) is 0 Å². The van der Waals surface area contributed by atoms with Crippen molar-refractivity contribution >= 4 is 32.3 Å². The van der Waals surface area contributed by atoms with Crippen molar-refractivity contribution < 1.29 is 0 Å². The van der Waals surface area contributed by atoms with Gasteiger partial charge < -0.3 is 0 Å². The summed E-state index contributed by atoms with van der Waals surface area (Å²) in [6.45, 7) is 31.9. The fourth-order valence-corrected chi connectivity index (χ4v) is 9.76. The van der Waals surface area contributed by atoms with Gasteiger partial charge in [0.1, 0.15) is 0 Å². The van der Waals surface area contributed by atoms with Gasteiger partial charge in [-0.05, 0) is 192 Å². The van der Waals surface area contributed by atoms with Crippen LogP contribution in [-0.4, -0.2) is 0 Å². The van der Waals surface area contributed by atoms with Crippen molar-refractivity contribution in [2.75, 3.05) is 0 Å². The highest BCUT2D eigenvalue weighted by Crippen LogP contribution is 2.24. The van der Waals surface area contributed by atoms with Crippen LogP contribution in [0.1, 0.15) is 83.5 Å². The Morgan fingerprint density at radius 2 is 0.402 bits per heavy atom. The van der Waals surface area contributed by atoms with Crippen molar-refractivity contribution in [3.63, 3.8) is 0 Å². The first-order chi connectivity index (χ1) is 41.8. The van der Waals surface area contributed by atoms with Crippen molar-refractivity contribution in [3.8, 4) is 22.3 Å². The molecule has 0 fully saturated rings. The second kappa shape index (κ2) is 34.6. The molecule has 440 valence electrons. The first kappa shape index (κ1) is 66.8. The maximum atomic E-state index is 2.22. The molecular weight excluding hydrogens is 1040 g/mol. The van der Waals surface area contributed by atoms with Crippen molar-refractivity contribution in [3.05, 3.63) is 369 Å². The average Bonchev–Trinajstić information content (AvgIpc) is 3.72. The van der Waals surface area contributed by atoms with E-state index >= 15 is 0 Å². The van der Waals surface area contributed by atoms with Gasteiger partial charge in [-0.25, -0.2) is 0 Å². The van der Waals surface area contributed by atoms with Gasteiger partial charge in [0.2, 0.25) is 0 Å². The molecule has 0 amide bonds. The molecule has 0 aromatic heterocycles. The van der Waals surface area contributed by atoms with E-state index in [2.05, 4.69) is 383 Å². The summed E-state index contributed by atoms with van der Waals surface area (Å²) in [4.78, 5) is 0. The molecule has 13 aromatic rings. The minimum absolute atomic E-state index is 1.28. The van der Waals surface area contributed by atoms with Gasteiger partial charge in [-0.2, -0.15) is 0 Å². The lowest BCUT2D eigenvalue weighted by Crippen LogP contribution is -1.80. The molecule has 0 heterocycles. The zero-order valence-electron chi connectivity index (χ0n) is 54.6. The number of hydrogen-bond acceptors (Lipinski definition) is 0. The second-order valence-electron chi connectivity index (χ2n) is 23.2. The third kappa shape index (κ3) is 22.5. The molecule has 0 heteroatoms. The number of rotatable bonds is 2. The topological polar surface area (TPSA) is 0 Å². The highest BCUT2D eigenvalue weighted by Gasteiger charge is 2.00. The van der Waals surface area contributed by atoms with E-state index in [1.807, 2.05) is 6.07 Å². The van der Waals surface area contributed by atoms with E-state index in [9.17, 15) is 0 Å². The van der Waals surface area contributed by atoms with Gasteiger partial charge in [-0.15, -0.1) is 0 Å². The van der Waals surface area contributed by atoms with Gasteiger partial charge in [-0.3, -0.25) is 0 Å². The summed E-state index contributed by atoms with van der Waals surface area (Å²) < 4.78 is 0. The van der Waals surface area contributed by atoms with Gasteiger partial charge in [0, 0.05) is 0 Å². The molecular formula is C87H92. The Kier molecular flexibility index (Phi) is 26.5. The molecule has 0 radical (unpaired) electrons. The van der Waals surface area contributed by atoms with Crippen LogP contribution in [0.25, 0.3) is 54.6 Å². The highest BCUT2D eigenvalue weighted by molar-refractivity contribution is 5.89. The minimum Gasteiger partial charge on any atom is -0.0622 e. The number of fused-ring (bicyclic) bond motifs is 3. The van der Waals surface area contributed by atoms with Crippen LogP contribution in [0.2, 0.25) is 0 Å². The second-order valence-corrected chi connectivity index (χ2v) is 23.2. The molecule has 0 bridgehead atoms. The molecule has 0 atom stereocenters. The van der Waals surface area contributed by atoms with Crippen LogP contribution < -0.4 is 0 Å². The normalized spacial score (nSPS) is 10.0. The molecule has 0 nitrogen and oxygen atoms in total. The van der Waals surface area contributed by atoms with Gasteiger partial charge >= 0.3 is 0 Å². The lowest BCUT2D eigenvalue weighted by Gasteiger charge is -2.03. The maximum absolute atomic E-state index is 2.22. The van der Waals surface area contributed by atoms with Crippen LogP contribution in [0.4, 0.5) is 0 Å². The quantitative estimate of drug-likeness (QED) is 0.162. The third-order valence-electron chi connectivity index (χ3n) is 15.2. The van der Waals surface area contributed by atoms with E-state index in [0.29, 0.717) is 0 Å². The summed E-state index contributed by atoms with van der Waals surface area (Å²) in [5, 5.41) is 8.16. The number of hydrogen-bond donors (Lipinski definition) is 0. The molecule has 0 aliphatic heterocycles. The summed E-state index contributed by atoms with van der Waals surface area (Å²) in [7, 11) is 0. The Hall–Kier alpha value is -9.36. The Morgan fingerprint density at radius 3 is 0.782 bits per heavy atom. The summed E-state index contributed by atoms with van der Waals surface area (Å²) >= 11 is 0. The molecule has 0 aliphatic rings. The van der Waals surface area contributed by atoms with Crippen LogP contribution >= 0.6 is 0 Å². The lowest BCUT2D eigenvalue weighted by molar-refractivity contribution is 1.34. The fourth-order valence-electron chi connectivity index (χ4n) is 9.76. The molecule has 0 N–H and O–H groups in total. The monoisotopic (exact) mass is 1140 g/mol. The zero-order valence-corrected chi connectivity index (χ0v) is 54.6. The predicted molar refractivity (Wildman–Crippen MR) is 386 cm³/mol. The zero-order chi connectivity index (χ0) is 62.7. The third-order valence-corrected chi connectivity index (χ3v) is 15.2. The molecule has 0 unspecified atom stereocenters. The molecule has 0 saturated carbocycles. The van der Waals surface area contributed by atoms with E-state index in [0.717, 1.165) is 0 Å². The van der Waals surface area contributed by atoms with Crippen LogP contribution in [0, 0.1) is 104 Å². The summed E-state index contributed by atoms with van der Waals surface area (Å²) in [5.74, 6) is 0. The van der Waals surface area contributed by atoms with Gasteiger partial charge in [0.25, 0.3) is 0 Å². The Labute approximate surface area is 524 Å². The molecule has 0 aliphatic carbocycles. The molecule has 87 heavy (non-hydrogen) atoms. The predicted octanol–water partition coefficient (Wildman–Crippen LogP) is 24.9. The van der Waals surface area contributed by atoms with Crippen LogP contribution in [0.3, 0.4) is 0 Å². The molecule has 0 saturated heterocycles. The molecule has 13 rings (SSSR count). The largest absolute Gasteiger partial charge is 0.0622 e. The molecule has 0 spiro atoms. The first-order valence-electron chi connectivity index (χ1n) is 30.5. The van der Waals surface area contributed by atoms with Crippen LogP contribution in [-0.2, 0) is 0 Å². The number of benzene rings is 13. The van der Waals surface area contributed by atoms with Crippen LogP contribution in [0.15, 0.2) is 285 Å². The van der Waals surface area contributed by atoms with Crippen molar-refractivity contribution in [1.82, 2.24) is 0 Å². The Bertz CT molecular complexity index is 3940. The Morgan fingerprint density at radius 1 is 0.138 bits per heavy atom. The van der Waals surface area contributed by atoms with Gasteiger partial charge in [0.15, 0.2) is 0 Å². The lowest BCUT2D eigenvalue weighted by atomic mass is 10.0. The minimum atomic E-state index is 1.28. The van der Waals surface area contributed by atoms with Crippen LogP contribution in [0.5, 0.6) is 0 Å². The summed E-state index contributed by atoms with van der Waals surface area (Å²) in [6, 6.07) is 100. The van der Waals surface area contributed by atoms with E-state index < -0.39 is 0 Å². The number of aryl methyl sites for hydroxylation is 15. The van der Waals surface area contributed by atoms with E-state index in [1.54, 1.807) is 0 Å². The van der Waals surface area contributed by atoms with Crippen molar-refractivity contribution in [1.29, 1.82) is 0 Å². The Balaban J connectivity index is 0.000000160. The van der Waals surface area contributed by atoms with Gasteiger partial charge in [-0.1, -0.05) is 335 Å². The average molecular weight is 1140 g/mol. The van der Waals surface area contributed by atoms with Crippen molar-refractivity contribution in [2.24, 2.45) is 0 Å². The smallest absolute Gasteiger partial charge is 0.0152 e. The summed E-state index contributed by atoms with van der Waals surface area (Å²) in [5.41, 5.74) is 25.2. The van der Waals surface area contributed by atoms with E-state index in [-0.39, 0.29) is 0 Å². The first-order valence-corrected chi connectivity index (χ1v) is 30.5. The summed E-state index contributed by atoms with van der Waals surface area (Å²) in [6.07, 6.45) is 0. The van der Waals surface area contributed by atoms with Crippen molar-refractivity contribution in [2.45, 2.75) is 104 Å². The maximum Gasteiger partial charge on any atom is -0.0152 e. The SMILES string of the molecule is Cc1ccc(-c2cccc(C)c2)cc1.Cc1ccc(-c2ccccc2)cc1.Cc1ccc(C)c2ccccc12.Cc1ccc(C)cc1.Cc1ccc2ccc(C)cc2c1.Cc1cccc(C)c1.Cc1cccc2c(C)cccc12.Cc1ccccc1C. The fraction of sp³-hybridized carbons (Fsp3) is 0.172. The highest BCUT2D eigenvalue weighted by atomic mass is 14.1. The standard InChI is InChI=1S/C14H14.C13H12.3C12H12.3C8H10/c1-11-6-8-13(9-7-11)14-5-3-4-12(2)10-14;1-11-7-9-13(10-8-11)12-5-3-2-4-6-12;1-9-3-5-11-6-4-10(2)8-12(11)7-9;1-9-5-3-8-12-10(2)6-4-7-11(9)12;1-9-7-8-10(2)12-6-4-3-5-11(9)12;1-7-3-5-8(2)6-4-7;1-7-4-3-5-8(2)6-7;1-7-5-3-4-6-8(7)2/h3-10H,1-2H3;2-10H,1H3;3*3-8H,1-2H3;3*3-6H,1-2H3. The van der Waals surface area contributed by atoms with Gasteiger partial charge in [0.05, 0.1) is 0 Å².